The Balaban J connectivity index is 1.34. The maximum atomic E-state index is 13.8. The molecule has 0 radical (unpaired) electrons. The molecule has 1 saturated heterocycles. The molecule has 3 heterocycles. The minimum Gasteiger partial charge on any atom is -0.369 e. The molecule has 228 valence electrons. The molecule has 2 aromatic carbocycles. The number of thiazole rings is 1. The van der Waals surface area contributed by atoms with E-state index in [1.54, 1.807) is 48.6 Å². The number of hydrogen-bond donors (Lipinski definition) is 4. The highest BCUT2D eigenvalue weighted by Crippen LogP contribution is 2.35. The van der Waals surface area contributed by atoms with Crippen molar-refractivity contribution in [1.29, 1.82) is 0 Å². The summed E-state index contributed by atoms with van der Waals surface area (Å²) in [5.41, 5.74) is 8.30. The number of nitrogens with one attached hydrogen (secondary N) is 4. The second kappa shape index (κ2) is 12.6. The van der Waals surface area contributed by atoms with Crippen molar-refractivity contribution in [3.63, 3.8) is 0 Å². The van der Waals surface area contributed by atoms with Crippen molar-refractivity contribution in [2.45, 2.75) is 33.4 Å². The molecule has 3 aromatic rings. The highest BCUT2D eigenvalue weighted by molar-refractivity contribution is 7.16. The number of rotatable bonds is 8. The standard InChI is InChI=1S/C29H33F3N8O2S/c1-4-26(41)35-28-33-16-25(43-28)23-17-40(37-36-23)24-12-19(7-6-18(24)3)27(42)34-21-13-20(29(30,31)32)14-22(15-21)39-10-8-38(5-2)9-11-39/h6-7,12-17,36-37H,4-5,8-11H2,1-3H3,(H,34,42)(H,33,35,41). The van der Waals surface area contributed by atoms with Gasteiger partial charge in [-0.2, -0.15) is 13.2 Å². The van der Waals surface area contributed by atoms with Gasteiger partial charge in [0.05, 0.1) is 21.8 Å². The van der Waals surface area contributed by atoms with Crippen LogP contribution in [0.25, 0.3) is 5.70 Å². The zero-order valence-corrected chi connectivity index (χ0v) is 24.8. The predicted octanol–water partition coefficient (Wildman–Crippen LogP) is 5.04. The molecule has 1 fully saturated rings. The Labute approximate surface area is 251 Å². The van der Waals surface area contributed by atoms with Gasteiger partial charge in [0.2, 0.25) is 5.91 Å². The molecule has 4 N–H and O–H groups in total. The third-order valence-corrected chi connectivity index (χ3v) is 8.27. The average molecular weight is 615 g/mol. The van der Waals surface area contributed by atoms with E-state index in [0.29, 0.717) is 41.7 Å². The summed E-state index contributed by atoms with van der Waals surface area (Å²) < 4.78 is 41.4. The number of hydrazine groups is 2. The minimum atomic E-state index is -4.56. The number of aryl methyl sites for hydroxylation is 1. The molecule has 1 aromatic heterocycles. The number of piperazine rings is 1. The number of likely N-dealkylation sites (N-methyl/N-ethyl adjacent to an activating group) is 1. The summed E-state index contributed by atoms with van der Waals surface area (Å²) in [6.45, 7) is 9.32. The Morgan fingerprint density at radius 3 is 2.51 bits per heavy atom. The lowest BCUT2D eigenvalue weighted by Gasteiger charge is -2.36. The molecule has 0 bridgehead atoms. The lowest BCUT2D eigenvalue weighted by molar-refractivity contribution is -0.137. The summed E-state index contributed by atoms with van der Waals surface area (Å²) in [4.78, 5) is 34.2. The van der Waals surface area contributed by atoms with Crippen LogP contribution in [0.4, 0.5) is 35.4 Å². The van der Waals surface area contributed by atoms with E-state index in [0.717, 1.165) is 42.2 Å². The zero-order valence-electron chi connectivity index (χ0n) is 24.0. The van der Waals surface area contributed by atoms with E-state index in [4.69, 9.17) is 0 Å². The molecule has 0 atom stereocenters. The Kier molecular flexibility index (Phi) is 8.89. The SMILES string of the molecule is CCC(=O)Nc1ncc(C2=CN(c3cc(C(=O)Nc4cc(N5CCN(CC)CC5)cc(C(F)(F)F)c4)ccc3C)NN2)s1. The van der Waals surface area contributed by atoms with Crippen molar-refractivity contribution in [2.24, 2.45) is 0 Å². The fourth-order valence-electron chi connectivity index (χ4n) is 4.80. The quantitative estimate of drug-likeness (QED) is 0.280. The predicted molar refractivity (Wildman–Crippen MR) is 163 cm³/mol. The van der Waals surface area contributed by atoms with E-state index in [9.17, 15) is 22.8 Å². The molecule has 10 nitrogen and oxygen atoms in total. The summed E-state index contributed by atoms with van der Waals surface area (Å²) in [5, 5.41) is 7.59. The van der Waals surface area contributed by atoms with Gasteiger partial charge >= 0.3 is 6.18 Å². The van der Waals surface area contributed by atoms with Crippen molar-refractivity contribution in [3.8, 4) is 0 Å². The lowest BCUT2D eigenvalue weighted by atomic mass is 10.1. The summed E-state index contributed by atoms with van der Waals surface area (Å²) in [6, 6.07) is 8.77. The number of halogens is 3. The van der Waals surface area contributed by atoms with Gasteiger partial charge in [-0.1, -0.05) is 31.3 Å². The summed E-state index contributed by atoms with van der Waals surface area (Å²) >= 11 is 1.31. The van der Waals surface area contributed by atoms with Gasteiger partial charge in [-0.05, 0) is 49.4 Å². The van der Waals surface area contributed by atoms with Crippen LogP contribution in [-0.4, -0.2) is 54.4 Å². The number of hydrogen-bond acceptors (Lipinski definition) is 9. The Hall–Kier alpha value is -4.14. The monoisotopic (exact) mass is 614 g/mol. The summed E-state index contributed by atoms with van der Waals surface area (Å²) in [7, 11) is 0. The number of alkyl halides is 3. The topological polar surface area (TPSA) is 105 Å². The van der Waals surface area contributed by atoms with Gasteiger partial charge in [0.25, 0.3) is 5.91 Å². The van der Waals surface area contributed by atoms with Crippen LogP contribution in [0.15, 0.2) is 48.8 Å². The molecule has 43 heavy (non-hydrogen) atoms. The number of carbonyl (C=O) groups excluding carboxylic acids is 2. The molecule has 14 heteroatoms. The van der Waals surface area contributed by atoms with Crippen molar-refractivity contribution >= 4 is 51.0 Å². The second-order valence-electron chi connectivity index (χ2n) is 10.2. The average Bonchev–Trinajstić information content (AvgIpc) is 3.67. The van der Waals surface area contributed by atoms with E-state index in [1.165, 1.54) is 11.3 Å². The third kappa shape index (κ3) is 7.09. The Morgan fingerprint density at radius 1 is 1.05 bits per heavy atom. The van der Waals surface area contributed by atoms with Crippen LogP contribution in [0.1, 0.15) is 46.6 Å². The Morgan fingerprint density at radius 2 is 1.81 bits per heavy atom. The van der Waals surface area contributed by atoms with E-state index in [1.807, 2.05) is 11.8 Å². The van der Waals surface area contributed by atoms with Crippen molar-refractivity contribution in [2.75, 3.05) is 53.3 Å². The molecule has 2 aliphatic heterocycles. The number of nitrogens with zero attached hydrogens (tertiary/aromatic N) is 4. The lowest BCUT2D eigenvalue weighted by Crippen LogP contribution is -2.46. The van der Waals surface area contributed by atoms with Crippen LogP contribution in [0.5, 0.6) is 0 Å². The highest BCUT2D eigenvalue weighted by atomic mass is 32.1. The second-order valence-corrected chi connectivity index (χ2v) is 11.3. The van der Waals surface area contributed by atoms with Gasteiger partial charge in [0.15, 0.2) is 5.13 Å². The molecular formula is C29H33F3N8O2S. The highest BCUT2D eigenvalue weighted by Gasteiger charge is 2.32. The molecule has 0 saturated carbocycles. The van der Waals surface area contributed by atoms with Crippen LogP contribution >= 0.6 is 11.3 Å². The van der Waals surface area contributed by atoms with Gasteiger partial charge in [0, 0.05) is 61.9 Å². The van der Waals surface area contributed by atoms with Gasteiger partial charge in [0.1, 0.15) is 0 Å². The first kappa shape index (κ1) is 30.3. The first-order valence-corrected chi connectivity index (χ1v) is 14.8. The fraction of sp³-hybridized carbons (Fsp3) is 0.345. The van der Waals surface area contributed by atoms with E-state index in [2.05, 4.69) is 38.4 Å². The molecule has 2 amide bonds. The first-order valence-electron chi connectivity index (χ1n) is 13.9. The van der Waals surface area contributed by atoms with E-state index < -0.39 is 17.6 Å². The maximum Gasteiger partial charge on any atom is 0.416 e. The largest absolute Gasteiger partial charge is 0.416 e. The molecular weight excluding hydrogens is 581 g/mol. The molecule has 0 spiro atoms. The van der Waals surface area contributed by atoms with Gasteiger partial charge in [-0.25, -0.2) is 4.98 Å². The van der Waals surface area contributed by atoms with Gasteiger partial charge < -0.3 is 25.9 Å². The van der Waals surface area contributed by atoms with Crippen LogP contribution in [0, 0.1) is 6.92 Å². The minimum absolute atomic E-state index is 0.0779. The van der Waals surface area contributed by atoms with Gasteiger partial charge in [-0.15, -0.1) is 5.53 Å². The summed E-state index contributed by atoms with van der Waals surface area (Å²) in [6.07, 6.45) is -0.777. The van der Waals surface area contributed by atoms with E-state index in [-0.39, 0.29) is 17.2 Å². The molecule has 0 aliphatic carbocycles. The van der Waals surface area contributed by atoms with Crippen molar-refractivity contribution in [3.05, 3.63) is 70.4 Å². The maximum absolute atomic E-state index is 13.8. The number of aromatic nitrogens is 1. The normalized spacial score (nSPS) is 15.7. The Bertz CT molecular complexity index is 1530. The number of carbonyl (C=O) groups is 2. The van der Waals surface area contributed by atoms with Crippen LogP contribution in [0.3, 0.4) is 0 Å². The zero-order chi connectivity index (χ0) is 30.7. The molecule has 5 rings (SSSR count). The summed E-state index contributed by atoms with van der Waals surface area (Å²) in [5.74, 6) is -0.659. The van der Waals surface area contributed by atoms with Crippen LogP contribution in [-0.2, 0) is 11.0 Å². The van der Waals surface area contributed by atoms with Crippen molar-refractivity contribution < 1.29 is 22.8 Å². The van der Waals surface area contributed by atoms with Crippen LogP contribution < -0.4 is 31.5 Å². The van der Waals surface area contributed by atoms with Crippen LogP contribution in [0.2, 0.25) is 0 Å². The smallest absolute Gasteiger partial charge is 0.369 e. The number of benzene rings is 2. The molecule has 0 unspecified atom stereocenters. The third-order valence-electron chi connectivity index (χ3n) is 7.33. The van der Waals surface area contributed by atoms with Gasteiger partial charge in [-0.3, -0.25) is 14.6 Å². The molecule has 2 aliphatic rings. The fourth-order valence-corrected chi connectivity index (χ4v) is 5.60. The number of amides is 2. The van der Waals surface area contributed by atoms with E-state index >= 15 is 0 Å². The van der Waals surface area contributed by atoms with Crippen molar-refractivity contribution in [1.82, 2.24) is 20.8 Å². The number of anilines is 4. The first-order chi connectivity index (χ1) is 20.5.